The SMILES string of the molecule is Cc1ccccc1O[C@H]1CC[C@H](C2=c3[nH]c4c(c3CN=N2)N(C)CC=C(Cl)C=4)CC1. The van der Waals surface area contributed by atoms with Crippen LogP contribution < -0.4 is 20.3 Å². The minimum atomic E-state index is 0.270. The lowest BCUT2D eigenvalue weighted by atomic mass is 9.84. The fraction of sp³-hybridized carbons (Fsp3) is 0.417. The fourth-order valence-electron chi connectivity index (χ4n) is 4.82. The minimum Gasteiger partial charge on any atom is -0.490 e. The Bertz CT molecular complexity index is 1140. The summed E-state index contributed by atoms with van der Waals surface area (Å²) in [6, 6.07) is 8.26. The molecule has 1 aliphatic carbocycles. The number of allylic oxidation sites excluding steroid dienone is 1. The van der Waals surface area contributed by atoms with E-state index in [-0.39, 0.29) is 6.10 Å². The molecular formula is C24H27ClN4O. The van der Waals surface area contributed by atoms with Crippen molar-refractivity contribution in [1.29, 1.82) is 0 Å². The topological polar surface area (TPSA) is 53.0 Å². The number of para-hydroxylation sites is 1. The smallest absolute Gasteiger partial charge is 0.122 e. The van der Waals surface area contributed by atoms with Gasteiger partial charge in [-0.2, -0.15) is 10.2 Å². The van der Waals surface area contributed by atoms with Gasteiger partial charge in [-0.1, -0.05) is 29.8 Å². The van der Waals surface area contributed by atoms with Crippen molar-refractivity contribution in [3.8, 4) is 5.75 Å². The van der Waals surface area contributed by atoms with E-state index >= 15 is 0 Å². The van der Waals surface area contributed by atoms with Gasteiger partial charge in [-0.15, -0.1) is 0 Å². The van der Waals surface area contributed by atoms with Crippen LogP contribution in [-0.2, 0) is 6.54 Å². The molecule has 30 heavy (non-hydrogen) atoms. The van der Waals surface area contributed by atoms with Crippen LogP contribution in [0.1, 0.15) is 36.8 Å². The van der Waals surface area contributed by atoms with Crippen LogP contribution in [0.2, 0.25) is 0 Å². The van der Waals surface area contributed by atoms with Gasteiger partial charge in [0.15, 0.2) is 0 Å². The minimum absolute atomic E-state index is 0.270. The highest BCUT2D eigenvalue weighted by Crippen LogP contribution is 2.35. The molecule has 0 bridgehead atoms. The summed E-state index contributed by atoms with van der Waals surface area (Å²) in [6.07, 6.45) is 8.52. The molecule has 1 saturated carbocycles. The molecule has 0 saturated heterocycles. The molecule has 0 radical (unpaired) electrons. The number of azo groups is 1. The van der Waals surface area contributed by atoms with Crippen LogP contribution in [-0.4, -0.2) is 24.7 Å². The van der Waals surface area contributed by atoms with Crippen LogP contribution in [0.5, 0.6) is 5.75 Å². The van der Waals surface area contributed by atoms with Gasteiger partial charge in [0.2, 0.25) is 0 Å². The third-order valence-corrected chi connectivity index (χ3v) is 6.70. The van der Waals surface area contributed by atoms with Gasteiger partial charge in [-0.25, -0.2) is 0 Å². The van der Waals surface area contributed by atoms with E-state index < -0.39 is 0 Å². The molecule has 0 unspecified atom stereocenters. The number of fused-ring (bicyclic) bond motifs is 3. The lowest BCUT2D eigenvalue weighted by Gasteiger charge is -2.29. The Hall–Kier alpha value is -2.53. The lowest BCUT2D eigenvalue weighted by Crippen LogP contribution is -2.28. The first-order valence-corrected chi connectivity index (χ1v) is 11.1. The summed E-state index contributed by atoms with van der Waals surface area (Å²) in [6.45, 7) is 3.51. The maximum Gasteiger partial charge on any atom is 0.122 e. The van der Waals surface area contributed by atoms with E-state index in [0.717, 1.165) is 59.4 Å². The number of aryl methyl sites for hydroxylation is 1. The van der Waals surface area contributed by atoms with E-state index in [9.17, 15) is 0 Å². The van der Waals surface area contributed by atoms with E-state index in [2.05, 4.69) is 52.3 Å². The molecule has 1 fully saturated rings. The maximum atomic E-state index is 6.35. The summed E-state index contributed by atoms with van der Waals surface area (Å²) < 4.78 is 6.29. The number of H-pyrrole nitrogens is 1. The molecule has 0 amide bonds. The molecule has 156 valence electrons. The molecule has 0 spiro atoms. The zero-order valence-electron chi connectivity index (χ0n) is 17.5. The second-order valence-corrected chi connectivity index (χ2v) is 8.93. The molecule has 1 aromatic heterocycles. The van der Waals surface area contributed by atoms with Crippen molar-refractivity contribution in [1.82, 2.24) is 4.98 Å². The highest BCUT2D eigenvalue weighted by Gasteiger charge is 2.29. The Labute approximate surface area is 181 Å². The molecule has 3 heterocycles. The van der Waals surface area contributed by atoms with Crippen molar-refractivity contribution in [2.75, 3.05) is 18.5 Å². The van der Waals surface area contributed by atoms with Crippen LogP contribution in [0.4, 0.5) is 5.69 Å². The number of likely N-dealkylation sites (N-methyl/N-ethyl adjacent to an activating group) is 1. The van der Waals surface area contributed by atoms with Gasteiger partial charge in [-0.05, 0) is 56.4 Å². The zero-order valence-corrected chi connectivity index (χ0v) is 18.2. The monoisotopic (exact) mass is 422 g/mol. The zero-order chi connectivity index (χ0) is 20.7. The van der Waals surface area contributed by atoms with Gasteiger partial charge < -0.3 is 14.6 Å². The number of aromatic amines is 1. The number of anilines is 1. The highest BCUT2D eigenvalue weighted by atomic mass is 35.5. The maximum absolute atomic E-state index is 6.35. The second-order valence-electron chi connectivity index (χ2n) is 8.50. The number of hydrogen-bond donors (Lipinski definition) is 1. The fourth-order valence-corrected chi connectivity index (χ4v) is 4.99. The molecule has 1 aromatic carbocycles. The van der Waals surface area contributed by atoms with E-state index in [1.807, 2.05) is 18.2 Å². The van der Waals surface area contributed by atoms with E-state index in [1.54, 1.807) is 0 Å². The molecule has 2 aliphatic heterocycles. The summed E-state index contributed by atoms with van der Waals surface area (Å²) in [5, 5.41) is 12.1. The number of hydrogen-bond acceptors (Lipinski definition) is 4. The first-order valence-electron chi connectivity index (χ1n) is 10.7. The van der Waals surface area contributed by atoms with E-state index in [4.69, 9.17) is 16.3 Å². The first-order chi connectivity index (χ1) is 14.6. The molecule has 5 nitrogen and oxygen atoms in total. The lowest BCUT2D eigenvalue weighted by molar-refractivity contribution is 0.141. The Balaban J connectivity index is 1.41. The highest BCUT2D eigenvalue weighted by molar-refractivity contribution is 6.34. The Morgan fingerprint density at radius 3 is 2.77 bits per heavy atom. The molecule has 3 aliphatic rings. The number of nitrogens with zero attached hydrogens (tertiary/aromatic N) is 3. The molecule has 0 atom stereocenters. The van der Waals surface area contributed by atoms with Gasteiger partial charge >= 0.3 is 0 Å². The quantitative estimate of drug-likeness (QED) is 0.797. The Kier molecular flexibility index (Phi) is 5.15. The van der Waals surface area contributed by atoms with Crippen molar-refractivity contribution in [2.45, 2.75) is 45.3 Å². The molecule has 6 heteroatoms. The van der Waals surface area contributed by atoms with Crippen molar-refractivity contribution < 1.29 is 4.74 Å². The third kappa shape index (κ3) is 3.56. The normalized spacial score (nSPS) is 23.2. The molecule has 2 aromatic rings. The van der Waals surface area contributed by atoms with Crippen LogP contribution >= 0.6 is 11.6 Å². The standard InChI is InChI=1S/C24H27ClN4O/c1-15-5-3-4-6-21(15)30-18-9-7-16(8-10-18)22-23-19(14-26-28-22)24-20(27-23)13-17(25)11-12-29(24)2/h3-6,11,13,16,18,27H,7-10,12,14H2,1-2H3/t16-,18-. The summed E-state index contributed by atoms with van der Waals surface area (Å²) in [5.74, 6) is 1.41. The van der Waals surface area contributed by atoms with Gasteiger partial charge in [0, 0.05) is 30.1 Å². The predicted octanol–water partition coefficient (Wildman–Crippen LogP) is 4.39. The summed E-state index contributed by atoms with van der Waals surface area (Å²) in [5.41, 5.74) is 4.73. The predicted molar refractivity (Wildman–Crippen MR) is 121 cm³/mol. The van der Waals surface area contributed by atoms with Gasteiger partial charge in [0.1, 0.15) is 5.75 Å². The summed E-state index contributed by atoms with van der Waals surface area (Å²) in [7, 11) is 2.10. The number of halogens is 1. The molecule has 1 N–H and O–H groups in total. The van der Waals surface area contributed by atoms with Crippen molar-refractivity contribution >= 4 is 29.1 Å². The Morgan fingerprint density at radius 1 is 1.17 bits per heavy atom. The summed E-state index contributed by atoms with van der Waals surface area (Å²) in [4.78, 5) is 5.85. The third-order valence-electron chi connectivity index (χ3n) is 6.44. The van der Waals surface area contributed by atoms with Gasteiger partial charge in [0.05, 0.1) is 34.7 Å². The van der Waals surface area contributed by atoms with Crippen molar-refractivity contribution in [3.63, 3.8) is 0 Å². The molecule has 5 rings (SSSR count). The Morgan fingerprint density at radius 2 is 1.97 bits per heavy atom. The largest absolute Gasteiger partial charge is 0.490 e. The number of rotatable bonds is 3. The number of aromatic nitrogens is 1. The van der Waals surface area contributed by atoms with E-state index in [1.165, 1.54) is 16.8 Å². The van der Waals surface area contributed by atoms with Crippen LogP contribution in [0.25, 0.3) is 11.8 Å². The average Bonchev–Trinajstić information content (AvgIpc) is 3.05. The number of ether oxygens (including phenoxy) is 1. The van der Waals surface area contributed by atoms with Crippen molar-refractivity contribution in [3.05, 3.63) is 57.2 Å². The van der Waals surface area contributed by atoms with Crippen LogP contribution in [0.15, 0.2) is 45.6 Å². The van der Waals surface area contributed by atoms with Crippen LogP contribution in [0, 0.1) is 12.8 Å². The number of nitrogens with one attached hydrogen (secondary N) is 1. The van der Waals surface area contributed by atoms with Crippen molar-refractivity contribution in [2.24, 2.45) is 16.1 Å². The van der Waals surface area contributed by atoms with Crippen LogP contribution in [0.3, 0.4) is 0 Å². The van der Waals surface area contributed by atoms with Gasteiger partial charge in [-0.3, -0.25) is 0 Å². The summed E-state index contributed by atoms with van der Waals surface area (Å²) >= 11 is 6.35. The first kappa shape index (κ1) is 19.4. The van der Waals surface area contributed by atoms with Gasteiger partial charge in [0.25, 0.3) is 0 Å². The average molecular weight is 423 g/mol. The number of benzene rings is 1. The second kappa shape index (κ2) is 7.95. The van der Waals surface area contributed by atoms with E-state index in [0.29, 0.717) is 12.5 Å². The molecular weight excluding hydrogens is 396 g/mol.